The first kappa shape index (κ1) is 13.6. The SMILES string of the molecule is COC(=O)c1cc(F)cc(-c2cc(Br)nc(C)n2)c1. The minimum absolute atomic E-state index is 0.143. The largest absolute Gasteiger partial charge is 0.465 e. The molecule has 0 aliphatic carbocycles. The number of halogens is 2. The molecule has 0 N–H and O–H groups in total. The fraction of sp³-hybridized carbons (Fsp3) is 0.154. The van der Waals surface area contributed by atoms with Crippen LogP contribution < -0.4 is 0 Å². The highest BCUT2D eigenvalue weighted by Crippen LogP contribution is 2.23. The first-order valence-corrected chi connectivity index (χ1v) is 6.19. The number of methoxy groups -OCH3 is 1. The first-order valence-electron chi connectivity index (χ1n) is 5.40. The predicted molar refractivity (Wildman–Crippen MR) is 71.2 cm³/mol. The summed E-state index contributed by atoms with van der Waals surface area (Å²) < 4.78 is 18.7. The number of aryl methyl sites for hydroxylation is 1. The molecular weight excluding hydrogens is 315 g/mol. The molecule has 4 nitrogen and oxygen atoms in total. The number of aromatic nitrogens is 2. The minimum Gasteiger partial charge on any atom is -0.465 e. The highest BCUT2D eigenvalue weighted by Gasteiger charge is 2.11. The van der Waals surface area contributed by atoms with Gasteiger partial charge in [-0.3, -0.25) is 0 Å². The highest BCUT2D eigenvalue weighted by atomic mass is 79.9. The zero-order valence-corrected chi connectivity index (χ0v) is 11.9. The Bertz CT molecular complexity index is 626. The van der Waals surface area contributed by atoms with Crippen molar-refractivity contribution in [3.8, 4) is 11.3 Å². The maximum absolute atomic E-state index is 13.5. The number of benzene rings is 1. The maximum Gasteiger partial charge on any atom is 0.337 e. The Kier molecular flexibility index (Phi) is 3.90. The highest BCUT2D eigenvalue weighted by molar-refractivity contribution is 9.10. The van der Waals surface area contributed by atoms with Crippen LogP contribution in [0.5, 0.6) is 0 Å². The van der Waals surface area contributed by atoms with Gasteiger partial charge in [0.25, 0.3) is 0 Å². The van der Waals surface area contributed by atoms with E-state index in [0.717, 1.165) is 6.07 Å². The van der Waals surface area contributed by atoms with Crippen LogP contribution >= 0.6 is 15.9 Å². The van der Waals surface area contributed by atoms with Crippen LogP contribution in [0.15, 0.2) is 28.9 Å². The summed E-state index contributed by atoms with van der Waals surface area (Å²) >= 11 is 3.25. The molecule has 0 aliphatic rings. The summed E-state index contributed by atoms with van der Waals surface area (Å²) in [6, 6.07) is 5.62. The molecule has 19 heavy (non-hydrogen) atoms. The molecule has 0 atom stereocenters. The van der Waals surface area contributed by atoms with Crippen molar-refractivity contribution in [2.45, 2.75) is 6.92 Å². The van der Waals surface area contributed by atoms with Crippen LogP contribution in [0.4, 0.5) is 4.39 Å². The number of carbonyl (C=O) groups is 1. The van der Waals surface area contributed by atoms with Crippen molar-refractivity contribution in [2.24, 2.45) is 0 Å². The Hall–Kier alpha value is -1.82. The Morgan fingerprint density at radius 3 is 2.63 bits per heavy atom. The van der Waals surface area contributed by atoms with Gasteiger partial charge in [0.1, 0.15) is 16.2 Å². The molecule has 0 unspecified atom stereocenters. The lowest BCUT2D eigenvalue weighted by Gasteiger charge is -2.06. The fourth-order valence-corrected chi connectivity index (χ4v) is 2.13. The molecule has 0 saturated heterocycles. The third kappa shape index (κ3) is 3.14. The normalized spacial score (nSPS) is 10.3. The van der Waals surface area contributed by atoms with Gasteiger partial charge in [-0.05, 0) is 47.1 Å². The van der Waals surface area contributed by atoms with Crippen molar-refractivity contribution in [1.29, 1.82) is 0 Å². The maximum atomic E-state index is 13.5. The van der Waals surface area contributed by atoms with Gasteiger partial charge in [0, 0.05) is 5.56 Å². The number of nitrogens with zero attached hydrogens (tertiary/aromatic N) is 2. The van der Waals surface area contributed by atoms with Crippen LogP contribution in [-0.2, 0) is 4.74 Å². The Labute approximate surface area is 117 Å². The second-order valence-corrected chi connectivity index (χ2v) is 4.66. The van der Waals surface area contributed by atoms with Gasteiger partial charge in [-0.25, -0.2) is 19.2 Å². The lowest BCUT2D eigenvalue weighted by atomic mass is 10.1. The van der Waals surface area contributed by atoms with Gasteiger partial charge in [-0.2, -0.15) is 0 Å². The van der Waals surface area contributed by atoms with Crippen LogP contribution in [0, 0.1) is 12.7 Å². The van der Waals surface area contributed by atoms with Crippen LogP contribution in [0.25, 0.3) is 11.3 Å². The molecule has 1 aromatic carbocycles. The van der Waals surface area contributed by atoms with Crippen molar-refractivity contribution in [2.75, 3.05) is 7.11 Å². The summed E-state index contributed by atoms with van der Waals surface area (Å²) in [7, 11) is 1.25. The molecule has 98 valence electrons. The Balaban J connectivity index is 2.55. The van der Waals surface area contributed by atoms with E-state index in [1.165, 1.54) is 19.2 Å². The van der Waals surface area contributed by atoms with Crippen molar-refractivity contribution < 1.29 is 13.9 Å². The van der Waals surface area contributed by atoms with Crippen LogP contribution in [0.3, 0.4) is 0 Å². The van der Waals surface area contributed by atoms with Gasteiger partial charge < -0.3 is 4.74 Å². The second kappa shape index (κ2) is 5.44. The topological polar surface area (TPSA) is 52.1 Å². The molecule has 0 saturated carbocycles. The van der Waals surface area contributed by atoms with Crippen LogP contribution in [-0.4, -0.2) is 23.0 Å². The first-order chi connectivity index (χ1) is 8.99. The average Bonchev–Trinajstić information content (AvgIpc) is 2.36. The van der Waals surface area contributed by atoms with E-state index >= 15 is 0 Å². The number of hydrogen-bond acceptors (Lipinski definition) is 4. The molecule has 1 aromatic heterocycles. The van der Waals surface area contributed by atoms with Gasteiger partial charge in [0.15, 0.2) is 0 Å². The lowest BCUT2D eigenvalue weighted by Crippen LogP contribution is -2.02. The van der Waals surface area contributed by atoms with E-state index in [-0.39, 0.29) is 5.56 Å². The molecule has 0 spiro atoms. The molecule has 2 rings (SSSR count). The van der Waals surface area contributed by atoms with Crippen LogP contribution in [0.1, 0.15) is 16.2 Å². The van der Waals surface area contributed by atoms with Crippen LogP contribution in [0.2, 0.25) is 0 Å². The van der Waals surface area contributed by atoms with Gasteiger partial charge in [-0.15, -0.1) is 0 Å². The van der Waals surface area contributed by atoms with Crippen molar-refractivity contribution in [3.05, 3.63) is 46.1 Å². The van der Waals surface area contributed by atoms with E-state index in [9.17, 15) is 9.18 Å². The quantitative estimate of drug-likeness (QED) is 0.629. The van der Waals surface area contributed by atoms with E-state index in [0.29, 0.717) is 21.7 Å². The van der Waals surface area contributed by atoms with E-state index < -0.39 is 11.8 Å². The molecule has 1 heterocycles. The summed E-state index contributed by atoms with van der Waals surface area (Å²) in [5, 5.41) is 0. The van der Waals surface area contributed by atoms with E-state index in [2.05, 4.69) is 30.6 Å². The average molecular weight is 325 g/mol. The van der Waals surface area contributed by atoms with Crippen molar-refractivity contribution in [3.63, 3.8) is 0 Å². The van der Waals surface area contributed by atoms with Gasteiger partial charge in [-0.1, -0.05) is 0 Å². The molecule has 0 amide bonds. The van der Waals surface area contributed by atoms with E-state index in [1.807, 2.05) is 0 Å². The third-order valence-corrected chi connectivity index (χ3v) is 2.83. The smallest absolute Gasteiger partial charge is 0.337 e. The number of hydrogen-bond donors (Lipinski definition) is 0. The predicted octanol–water partition coefficient (Wildman–Crippen LogP) is 3.14. The zero-order chi connectivity index (χ0) is 14.0. The van der Waals surface area contributed by atoms with Gasteiger partial charge in [0.05, 0.1) is 18.4 Å². The summed E-state index contributed by atoms with van der Waals surface area (Å²) in [5.74, 6) is -0.566. The minimum atomic E-state index is -0.592. The van der Waals surface area contributed by atoms with Gasteiger partial charge >= 0.3 is 5.97 Å². The monoisotopic (exact) mass is 324 g/mol. The molecule has 0 aliphatic heterocycles. The zero-order valence-electron chi connectivity index (χ0n) is 10.3. The van der Waals surface area contributed by atoms with Crippen molar-refractivity contribution >= 4 is 21.9 Å². The Morgan fingerprint density at radius 1 is 1.26 bits per heavy atom. The molecule has 0 fully saturated rings. The number of rotatable bonds is 2. The number of esters is 1. The summed E-state index contributed by atoms with van der Waals surface area (Å²) in [5.41, 5.74) is 1.17. The van der Waals surface area contributed by atoms with Gasteiger partial charge in [0.2, 0.25) is 0 Å². The molecular formula is C13H10BrFN2O2. The third-order valence-electron chi connectivity index (χ3n) is 2.42. The molecule has 0 bridgehead atoms. The summed E-state index contributed by atoms with van der Waals surface area (Å²) in [6.45, 7) is 1.73. The summed E-state index contributed by atoms with van der Waals surface area (Å²) in [6.07, 6.45) is 0. The lowest BCUT2D eigenvalue weighted by molar-refractivity contribution is 0.0600. The Morgan fingerprint density at radius 2 is 2.00 bits per heavy atom. The summed E-state index contributed by atoms with van der Waals surface area (Å²) in [4.78, 5) is 19.7. The number of ether oxygens (including phenoxy) is 1. The van der Waals surface area contributed by atoms with Crippen molar-refractivity contribution in [1.82, 2.24) is 9.97 Å². The molecule has 6 heteroatoms. The van der Waals surface area contributed by atoms with E-state index in [1.54, 1.807) is 13.0 Å². The standard InChI is InChI=1S/C13H10BrFN2O2/c1-7-16-11(6-12(14)17-7)8-3-9(13(18)19-2)5-10(15)4-8/h3-6H,1-2H3. The van der Waals surface area contributed by atoms with E-state index in [4.69, 9.17) is 0 Å². The molecule has 0 radical (unpaired) electrons. The number of carbonyl (C=O) groups excluding carboxylic acids is 1. The molecule has 2 aromatic rings. The fourth-order valence-electron chi connectivity index (χ4n) is 1.65. The second-order valence-electron chi connectivity index (χ2n) is 3.84.